The molecule has 0 amide bonds. The largest absolute Gasteiger partial charge is 0.495 e. The zero-order valence-electron chi connectivity index (χ0n) is 16.4. The Kier molecular flexibility index (Phi) is 5.63. The summed E-state index contributed by atoms with van der Waals surface area (Å²) in [6.07, 6.45) is 1.44. The summed E-state index contributed by atoms with van der Waals surface area (Å²) in [5, 5.41) is 3.47. The number of benzene rings is 3. The summed E-state index contributed by atoms with van der Waals surface area (Å²) < 4.78 is 35.1. The average Bonchev–Trinajstić information content (AvgIpc) is 2.77. The fourth-order valence-corrected chi connectivity index (χ4v) is 4.30. The summed E-state index contributed by atoms with van der Waals surface area (Å²) in [5.41, 5.74) is 1.71. The molecule has 0 atom stereocenters. The Morgan fingerprint density at radius 1 is 0.903 bits per heavy atom. The van der Waals surface area contributed by atoms with Crippen molar-refractivity contribution in [3.63, 3.8) is 0 Å². The first-order valence-corrected chi connectivity index (χ1v) is 11.1. The summed E-state index contributed by atoms with van der Waals surface area (Å²) in [6.45, 7) is 0. The van der Waals surface area contributed by atoms with E-state index in [1.165, 1.54) is 37.5 Å². The third kappa shape index (κ3) is 4.23. The normalized spacial score (nSPS) is 14.7. The number of anilines is 1. The smallest absolute Gasteiger partial charge is 0.282 e. The van der Waals surface area contributed by atoms with Crippen LogP contribution in [-0.2, 0) is 10.0 Å². The van der Waals surface area contributed by atoms with Gasteiger partial charge in [0.2, 0.25) is 5.78 Å². The predicted octanol–water partition coefficient (Wildman–Crippen LogP) is 4.72. The Morgan fingerprint density at radius 3 is 2.26 bits per heavy atom. The molecule has 1 aliphatic rings. The van der Waals surface area contributed by atoms with Gasteiger partial charge in [0.1, 0.15) is 5.75 Å². The van der Waals surface area contributed by atoms with E-state index in [2.05, 4.69) is 9.71 Å². The number of ether oxygens (including phenoxy) is 1. The molecule has 1 N–H and O–H groups in total. The van der Waals surface area contributed by atoms with Crippen LogP contribution < -0.4 is 10.1 Å². The highest BCUT2D eigenvalue weighted by molar-refractivity contribution is 7.90. The number of sulfonamides is 1. The monoisotopic (exact) mass is 452 g/mol. The molecule has 0 bridgehead atoms. The Morgan fingerprint density at radius 2 is 1.55 bits per heavy atom. The lowest BCUT2D eigenvalue weighted by Gasteiger charge is -2.19. The van der Waals surface area contributed by atoms with Gasteiger partial charge in [-0.3, -0.25) is 4.79 Å². The van der Waals surface area contributed by atoms with Crippen LogP contribution in [0.3, 0.4) is 0 Å². The van der Waals surface area contributed by atoms with E-state index >= 15 is 0 Å². The van der Waals surface area contributed by atoms with Crippen LogP contribution in [0.15, 0.2) is 93.9 Å². The molecule has 0 saturated carbocycles. The maximum Gasteiger partial charge on any atom is 0.282 e. The third-order valence-corrected chi connectivity index (χ3v) is 6.24. The molecule has 4 rings (SSSR count). The number of fused-ring (bicyclic) bond motifs is 1. The maximum atomic E-state index is 13.0. The molecule has 0 aromatic heterocycles. The quantitative estimate of drug-likeness (QED) is 0.605. The fourth-order valence-electron chi connectivity index (χ4n) is 3.18. The van der Waals surface area contributed by atoms with E-state index in [-0.39, 0.29) is 22.1 Å². The van der Waals surface area contributed by atoms with Crippen molar-refractivity contribution in [1.29, 1.82) is 0 Å². The first-order chi connectivity index (χ1) is 14.9. The molecule has 1 aliphatic carbocycles. The van der Waals surface area contributed by atoms with Gasteiger partial charge in [-0.25, -0.2) is 0 Å². The van der Waals surface area contributed by atoms with Crippen molar-refractivity contribution in [2.24, 2.45) is 4.40 Å². The molecule has 0 fully saturated rings. The van der Waals surface area contributed by atoms with Gasteiger partial charge in [0.25, 0.3) is 10.0 Å². The van der Waals surface area contributed by atoms with Crippen molar-refractivity contribution in [2.75, 3.05) is 12.4 Å². The van der Waals surface area contributed by atoms with Gasteiger partial charge < -0.3 is 10.1 Å². The summed E-state index contributed by atoms with van der Waals surface area (Å²) in [5.74, 6) is 0.270. The van der Waals surface area contributed by atoms with Gasteiger partial charge in [-0.05, 0) is 42.5 Å². The molecule has 0 saturated heterocycles. The number of Topliss-reactive ketones (excluding diaryl/α,β-unsaturated/α-hetero) is 1. The van der Waals surface area contributed by atoms with Crippen molar-refractivity contribution >= 4 is 38.8 Å². The van der Waals surface area contributed by atoms with E-state index in [4.69, 9.17) is 16.3 Å². The molecule has 31 heavy (non-hydrogen) atoms. The third-order valence-electron chi connectivity index (χ3n) is 4.68. The van der Waals surface area contributed by atoms with Crippen LogP contribution in [0.2, 0.25) is 5.02 Å². The fraction of sp³-hybridized carbons (Fsp3) is 0.0435. The van der Waals surface area contributed by atoms with Gasteiger partial charge in [0.05, 0.1) is 29.1 Å². The number of carbonyl (C=O) groups is 1. The molecule has 0 spiro atoms. The highest BCUT2D eigenvalue weighted by Crippen LogP contribution is 2.29. The number of allylic oxidation sites excluding steroid dienone is 2. The lowest BCUT2D eigenvalue weighted by molar-refractivity contribution is 0.103. The molecule has 156 valence electrons. The standard InChI is InChI=1S/C23H17ClN2O4S/c1-30-22-9-5-4-8-19(22)25-21-14-20(17-6-2-3-7-18(17)23(21)27)26-31(28,29)16-12-10-15(24)11-13-16/h2-14,25H,1H3/b26-20-. The van der Waals surface area contributed by atoms with Crippen LogP contribution >= 0.6 is 11.6 Å². The number of para-hydroxylation sites is 2. The number of methoxy groups -OCH3 is 1. The number of ketones is 1. The number of hydrogen-bond acceptors (Lipinski definition) is 5. The molecule has 0 heterocycles. The van der Waals surface area contributed by atoms with E-state index in [9.17, 15) is 13.2 Å². The zero-order chi connectivity index (χ0) is 22.0. The Labute approximate surface area is 184 Å². The summed E-state index contributed by atoms with van der Waals surface area (Å²) in [7, 11) is -2.50. The van der Waals surface area contributed by atoms with Gasteiger partial charge in [0, 0.05) is 16.1 Å². The van der Waals surface area contributed by atoms with Crippen molar-refractivity contribution in [1.82, 2.24) is 0 Å². The number of rotatable bonds is 5. The van der Waals surface area contributed by atoms with E-state index < -0.39 is 10.0 Å². The van der Waals surface area contributed by atoms with Crippen LogP contribution in [0.4, 0.5) is 5.69 Å². The topological polar surface area (TPSA) is 84.8 Å². The minimum Gasteiger partial charge on any atom is -0.495 e. The van der Waals surface area contributed by atoms with Gasteiger partial charge in [0.15, 0.2) is 0 Å². The second-order valence-corrected chi connectivity index (χ2v) is 8.70. The second kappa shape index (κ2) is 8.37. The van der Waals surface area contributed by atoms with Crippen molar-refractivity contribution in [3.05, 3.63) is 101 Å². The molecule has 6 nitrogen and oxygen atoms in total. The molecule has 3 aromatic rings. The molecule has 3 aromatic carbocycles. The molecule has 0 radical (unpaired) electrons. The average molecular weight is 453 g/mol. The maximum absolute atomic E-state index is 13.0. The predicted molar refractivity (Wildman–Crippen MR) is 121 cm³/mol. The number of nitrogens with one attached hydrogen (secondary N) is 1. The highest BCUT2D eigenvalue weighted by Gasteiger charge is 2.26. The lowest BCUT2D eigenvalue weighted by Crippen LogP contribution is -2.22. The zero-order valence-corrected chi connectivity index (χ0v) is 17.9. The molecule has 8 heteroatoms. The summed E-state index contributed by atoms with van der Waals surface area (Å²) in [6, 6.07) is 19.6. The number of halogens is 1. The van der Waals surface area contributed by atoms with Crippen molar-refractivity contribution < 1.29 is 17.9 Å². The lowest BCUT2D eigenvalue weighted by atomic mass is 9.92. The van der Waals surface area contributed by atoms with Gasteiger partial charge in [-0.1, -0.05) is 48.0 Å². The molecular weight excluding hydrogens is 436 g/mol. The van der Waals surface area contributed by atoms with E-state index in [1.54, 1.807) is 42.5 Å². The highest BCUT2D eigenvalue weighted by atomic mass is 35.5. The van der Waals surface area contributed by atoms with Gasteiger partial charge in [-0.15, -0.1) is 0 Å². The van der Waals surface area contributed by atoms with Crippen LogP contribution in [0.25, 0.3) is 0 Å². The first kappa shape index (κ1) is 20.8. The minimum absolute atomic E-state index is 0.00594. The number of nitrogens with zero attached hydrogens (tertiary/aromatic N) is 1. The summed E-state index contributed by atoms with van der Waals surface area (Å²) in [4.78, 5) is 13.1. The SMILES string of the molecule is COc1ccccc1NC1=C/C(=N/S(=O)(=O)c2ccc(Cl)cc2)c2ccccc2C1=O. The van der Waals surface area contributed by atoms with Crippen LogP contribution in [0.5, 0.6) is 5.75 Å². The van der Waals surface area contributed by atoms with Gasteiger partial charge in [-0.2, -0.15) is 12.8 Å². The Hall–Kier alpha value is -3.42. The molecule has 0 unspecified atom stereocenters. The van der Waals surface area contributed by atoms with Crippen LogP contribution in [-0.4, -0.2) is 27.0 Å². The Balaban J connectivity index is 1.82. The van der Waals surface area contributed by atoms with Gasteiger partial charge >= 0.3 is 0 Å². The Bertz CT molecular complexity index is 1330. The van der Waals surface area contributed by atoms with E-state index in [1.807, 2.05) is 6.07 Å². The second-order valence-electron chi connectivity index (χ2n) is 6.66. The first-order valence-electron chi connectivity index (χ1n) is 9.25. The van der Waals surface area contributed by atoms with Crippen molar-refractivity contribution in [3.8, 4) is 5.75 Å². The van der Waals surface area contributed by atoms with Crippen molar-refractivity contribution in [2.45, 2.75) is 4.90 Å². The minimum atomic E-state index is -4.02. The van der Waals surface area contributed by atoms with E-state index in [0.29, 0.717) is 27.6 Å². The summed E-state index contributed by atoms with van der Waals surface area (Å²) >= 11 is 5.86. The van der Waals surface area contributed by atoms with E-state index in [0.717, 1.165) is 0 Å². The molecule has 0 aliphatic heterocycles. The van der Waals surface area contributed by atoms with Crippen LogP contribution in [0, 0.1) is 0 Å². The van der Waals surface area contributed by atoms with Crippen LogP contribution in [0.1, 0.15) is 15.9 Å². The molecular formula is C23H17ClN2O4S. The number of carbonyl (C=O) groups excluding carboxylic acids is 1. The number of hydrogen-bond donors (Lipinski definition) is 1.